The number of carbonyl (C=O) groups excluding carboxylic acids is 1. The Morgan fingerprint density at radius 2 is 2.29 bits per heavy atom. The van der Waals surface area contributed by atoms with Crippen molar-refractivity contribution in [1.29, 1.82) is 0 Å². The molecular formula is C18H27FN2O3. The molecule has 1 aliphatic rings. The van der Waals surface area contributed by atoms with Crippen molar-refractivity contribution in [2.75, 3.05) is 26.3 Å². The second-order valence-corrected chi connectivity index (χ2v) is 7.06. The van der Waals surface area contributed by atoms with Gasteiger partial charge in [0.05, 0.1) is 25.4 Å². The third-order valence-corrected chi connectivity index (χ3v) is 4.39. The third kappa shape index (κ3) is 4.92. The zero-order chi connectivity index (χ0) is 17.7. The van der Waals surface area contributed by atoms with Crippen molar-refractivity contribution in [2.45, 2.75) is 44.8 Å². The van der Waals surface area contributed by atoms with E-state index in [2.05, 4.69) is 5.32 Å². The van der Waals surface area contributed by atoms with E-state index in [1.165, 1.54) is 12.1 Å². The van der Waals surface area contributed by atoms with E-state index in [0.717, 1.165) is 5.56 Å². The van der Waals surface area contributed by atoms with Gasteiger partial charge < -0.3 is 20.1 Å². The first-order valence-electron chi connectivity index (χ1n) is 8.36. The molecule has 0 saturated carbocycles. The SMILES string of the molecule is C[C@H](O)C[C@H]1COCCN1C(=O)NCC(C)(C)c1cccc(F)c1. The standard InChI is InChI=1S/C18H27FN2O3/c1-13(22)9-16-11-24-8-7-21(16)17(23)20-12-18(2,3)14-5-4-6-15(19)10-14/h4-6,10,13,16,22H,7-9,11-12H2,1-3H3,(H,20,23)/t13-,16-/m0/s1. The Hall–Kier alpha value is -1.66. The maximum Gasteiger partial charge on any atom is 0.317 e. The molecule has 5 nitrogen and oxygen atoms in total. The lowest BCUT2D eigenvalue weighted by Gasteiger charge is -2.37. The average molecular weight is 338 g/mol. The smallest absolute Gasteiger partial charge is 0.317 e. The lowest BCUT2D eigenvalue weighted by molar-refractivity contribution is -0.00448. The topological polar surface area (TPSA) is 61.8 Å². The van der Waals surface area contributed by atoms with Crippen molar-refractivity contribution in [3.8, 4) is 0 Å². The summed E-state index contributed by atoms with van der Waals surface area (Å²) in [5.74, 6) is -0.280. The van der Waals surface area contributed by atoms with Gasteiger partial charge in [-0.05, 0) is 31.0 Å². The fourth-order valence-corrected chi connectivity index (χ4v) is 2.92. The number of halogens is 1. The first-order valence-corrected chi connectivity index (χ1v) is 8.36. The van der Waals surface area contributed by atoms with Crippen LogP contribution in [-0.4, -0.2) is 54.5 Å². The normalized spacial score (nSPS) is 19.9. The molecule has 2 amide bonds. The maximum absolute atomic E-state index is 13.4. The van der Waals surface area contributed by atoms with Gasteiger partial charge in [-0.3, -0.25) is 0 Å². The summed E-state index contributed by atoms with van der Waals surface area (Å²) in [5, 5.41) is 12.5. The number of hydrogen-bond acceptors (Lipinski definition) is 3. The summed E-state index contributed by atoms with van der Waals surface area (Å²) in [7, 11) is 0. The van der Waals surface area contributed by atoms with Crippen LogP contribution in [0.3, 0.4) is 0 Å². The van der Waals surface area contributed by atoms with Crippen molar-refractivity contribution >= 4 is 6.03 Å². The molecule has 1 aromatic rings. The number of urea groups is 1. The van der Waals surface area contributed by atoms with Gasteiger partial charge in [0.1, 0.15) is 5.82 Å². The Bertz CT molecular complexity index is 563. The lowest BCUT2D eigenvalue weighted by Crippen LogP contribution is -2.54. The van der Waals surface area contributed by atoms with E-state index >= 15 is 0 Å². The molecule has 0 radical (unpaired) electrons. The van der Waals surface area contributed by atoms with Crippen LogP contribution >= 0.6 is 0 Å². The summed E-state index contributed by atoms with van der Waals surface area (Å²) in [5.41, 5.74) is 0.453. The molecule has 0 spiro atoms. The highest BCUT2D eigenvalue weighted by atomic mass is 19.1. The van der Waals surface area contributed by atoms with Gasteiger partial charge in [0.25, 0.3) is 0 Å². The molecule has 2 atom stereocenters. The molecule has 134 valence electrons. The number of ether oxygens (including phenoxy) is 1. The molecule has 6 heteroatoms. The van der Waals surface area contributed by atoms with Gasteiger partial charge in [0, 0.05) is 18.5 Å². The van der Waals surface area contributed by atoms with Gasteiger partial charge >= 0.3 is 6.03 Å². The minimum atomic E-state index is -0.490. The van der Waals surface area contributed by atoms with E-state index in [9.17, 15) is 14.3 Å². The summed E-state index contributed by atoms with van der Waals surface area (Å²) >= 11 is 0. The number of nitrogens with zero attached hydrogens (tertiary/aromatic N) is 1. The molecule has 2 rings (SSSR count). The van der Waals surface area contributed by atoms with Crippen LogP contribution in [0.15, 0.2) is 24.3 Å². The van der Waals surface area contributed by atoms with Crippen LogP contribution in [-0.2, 0) is 10.2 Å². The number of morpholine rings is 1. The molecular weight excluding hydrogens is 311 g/mol. The number of aliphatic hydroxyl groups excluding tert-OH is 1. The molecule has 0 aliphatic carbocycles. The predicted molar refractivity (Wildman–Crippen MR) is 90.4 cm³/mol. The highest BCUT2D eigenvalue weighted by Gasteiger charge is 2.30. The quantitative estimate of drug-likeness (QED) is 0.866. The van der Waals surface area contributed by atoms with Gasteiger partial charge in [-0.2, -0.15) is 0 Å². The number of hydrogen-bond donors (Lipinski definition) is 2. The van der Waals surface area contributed by atoms with Gasteiger partial charge in [-0.25, -0.2) is 9.18 Å². The second-order valence-electron chi connectivity index (χ2n) is 7.06. The minimum absolute atomic E-state index is 0.129. The van der Waals surface area contributed by atoms with E-state index in [4.69, 9.17) is 4.74 Å². The van der Waals surface area contributed by atoms with Crippen LogP contribution < -0.4 is 5.32 Å². The van der Waals surface area contributed by atoms with Gasteiger partial charge in [-0.15, -0.1) is 0 Å². The summed E-state index contributed by atoms with van der Waals surface area (Å²) in [6, 6.07) is 6.14. The summed E-state index contributed by atoms with van der Waals surface area (Å²) in [4.78, 5) is 14.3. The number of amides is 2. The molecule has 1 fully saturated rings. The van der Waals surface area contributed by atoms with Crippen LogP contribution in [0.2, 0.25) is 0 Å². The molecule has 0 unspecified atom stereocenters. The number of aliphatic hydroxyl groups is 1. The molecule has 2 N–H and O–H groups in total. The lowest BCUT2D eigenvalue weighted by atomic mass is 9.84. The zero-order valence-corrected chi connectivity index (χ0v) is 14.6. The fraction of sp³-hybridized carbons (Fsp3) is 0.611. The first kappa shape index (κ1) is 18.7. The average Bonchev–Trinajstić information content (AvgIpc) is 2.53. The van der Waals surface area contributed by atoms with E-state index in [-0.39, 0.29) is 23.3 Å². The largest absolute Gasteiger partial charge is 0.393 e. The Morgan fingerprint density at radius 1 is 1.54 bits per heavy atom. The van der Waals surface area contributed by atoms with Crippen molar-refractivity contribution in [3.63, 3.8) is 0 Å². The number of rotatable bonds is 5. The number of benzene rings is 1. The van der Waals surface area contributed by atoms with Gasteiger partial charge in [0.2, 0.25) is 0 Å². The Kier molecular flexibility index (Phi) is 6.18. The van der Waals surface area contributed by atoms with Gasteiger partial charge in [0.15, 0.2) is 0 Å². The van der Waals surface area contributed by atoms with E-state index in [1.54, 1.807) is 17.9 Å². The predicted octanol–water partition coefficient (Wildman–Crippen LogP) is 2.28. The molecule has 1 heterocycles. The van der Waals surface area contributed by atoms with Crippen LogP contribution in [0.4, 0.5) is 9.18 Å². The molecule has 0 aromatic heterocycles. The van der Waals surface area contributed by atoms with Crippen LogP contribution in [0.25, 0.3) is 0 Å². The van der Waals surface area contributed by atoms with E-state index < -0.39 is 6.10 Å². The van der Waals surface area contributed by atoms with E-state index in [1.807, 2.05) is 19.9 Å². The summed E-state index contributed by atoms with van der Waals surface area (Å²) in [6.45, 7) is 7.47. The minimum Gasteiger partial charge on any atom is -0.393 e. The van der Waals surface area contributed by atoms with Crippen molar-refractivity contribution < 1.29 is 19.0 Å². The summed E-state index contributed by atoms with van der Waals surface area (Å²) in [6.07, 6.45) is -0.00325. The number of nitrogens with one attached hydrogen (secondary N) is 1. The fourth-order valence-electron chi connectivity index (χ4n) is 2.92. The van der Waals surface area contributed by atoms with Crippen molar-refractivity contribution in [3.05, 3.63) is 35.6 Å². The van der Waals surface area contributed by atoms with E-state index in [0.29, 0.717) is 32.7 Å². The highest BCUT2D eigenvalue weighted by Crippen LogP contribution is 2.23. The molecule has 24 heavy (non-hydrogen) atoms. The van der Waals surface area contributed by atoms with Crippen molar-refractivity contribution in [1.82, 2.24) is 10.2 Å². The monoisotopic (exact) mass is 338 g/mol. The third-order valence-electron chi connectivity index (χ3n) is 4.39. The van der Waals surface area contributed by atoms with Gasteiger partial charge in [-0.1, -0.05) is 26.0 Å². The van der Waals surface area contributed by atoms with Crippen LogP contribution in [0.1, 0.15) is 32.8 Å². The van der Waals surface area contributed by atoms with Crippen molar-refractivity contribution in [2.24, 2.45) is 0 Å². The second kappa shape index (κ2) is 7.94. The Balaban J connectivity index is 1.98. The maximum atomic E-state index is 13.4. The Morgan fingerprint density at radius 3 is 2.96 bits per heavy atom. The zero-order valence-electron chi connectivity index (χ0n) is 14.6. The molecule has 1 aliphatic heterocycles. The molecule has 0 bridgehead atoms. The Labute approximate surface area is 142 Å². The molecule has 1 saturated heterocycles. The number of carbonyl (C=O) groups is 1. The van der Waals surface area contributed by atoms with Crippen LogP contribution in [0, 0.1) is 5.82 Å². The first-order chi connectivity index (χ1) is 11.3. The summed E-state index contributed by atoms with van der Waals surface area (Å²) < 4.78 is 18.8. The van der Waals surface area contributed by atoms with Crippen LogP contribution in [0.5, 0.6) is 0 Å². The highest BCUT2D eigenvalue weighted by molar-refractivity contribution is 5.74. The molecule has 1 aromatic carbocycles.